The van der Waals surface area contributed by atoms with Gasteiger partial charge in [0, 0.05) is 26.2 Å². The first-order chi connectivity index (χ1) is 10.6. The molecule has 1 fully saturated rings. The molecule has 22 heavy (non-hydrogen) atoms. The molecule has 1 unspecified atom stereocenters. The maximum atomic E-state index is 12.3. The summed E-state index contributed by atoms with van der Waals surface area (Å²) >= 11 is 0. The first-order valence-corrected chi connectivity index (χ1v) is 7.82. The predicted molar refractivity (Wildman–Crippen MR) is 81.1 cm³/mol. The molecule has 1 aliphatic heterocycles. The highest BCUT2D eigenvalue weighted by atomic mass is 16.5. The van der Waals surface area contributed by atoms with Crippen molar-refractivity contribution in [2.75, 3.05) is 19.8 Å². The lowest BCUT2D eigenvalue weighted by atomic mass is 10.2. The Morgan fingerprint density at radius 3 is 3.00 bits per heavy atom. The summed E-state index contributed by atoms with van der Waals surface area (Å²) < 4.78 is 10.7. The molecular formula is C16H24N2O4. The fraction of sp³-hybridized carbons (Fsp3) is 0.625. The number of furan rings is 1. The van der Waals surface area contributed by atoms with Crippen LogP contribution in [-0.4, -0.2) is 42.5 Å². The van der Waals surface area contributed by atoms with Crippen LogP contribution < -0.4 is 5.32 Å². The van der Waals surface area contributed by atoms with Crippen molar-refractivity contribution in [3.8, 4) is 0 Å². The summed E-state index contributed by atoms with van der Waals surface area (Å²) in [5.74, 6) is 1.43. The quantitative estimate of drug-likeness (QED) is 0.741. The molecule has 1 atom stereocenters. The molecule has 0 radical (unpaired) electrons. The molecule has 0 aliphatic carbocycles. The van der Waals surface area contributed by atoms with Crippen LogP contribution in [0.4, 0.5) is 0 Å². The summed E-state index contributed by atoms with van der Waals surface area (Å²) in [5.41, 5.74) is 0. The number of rotatable bonds is 8. The monoisotopic (exact) mass is 308 g/mol. The Balaban J connectivity index is 1.85. The van der Waals surface area contributed by atoms with Gasteiger partial charge in [0.15, 0.2) is 0 Å². The van der Waals surface area contributed by atoms with Gasteiger partial charge in [-0.25, -0.2) is 0 Å². The Morgan fingerprint density at radius 2 is 2.32 bits per heavy atom. The van der Waals surface area contributed by atoms with Gasteiger partial charge in [0.2, 0.25) is 11.8 Å². The third-order valence-corrected chi connectivity index (χ3v) is 3.72. The number of amides is 2. The van der Waals surface area contributed by atoms with E-state index >= 15 is 0 Å². The molecule has 2 heterocycles. The van der Waals surface area contributed by atoms with Gasteiger partial charge >= 0.3 is 0 Å². The highest BCUT2D eigenvalue weighted by Crippen LogP contribution is 2.22. The molecular weight excluding hydrogens is 284 g/mol. The van der Waals surface area contributed by atoms with Crippen molar-refractivity contribution in [1.82, 2.24) is 10.2 Å². The SMILES string of the molecule is CCOCCCNC(=O)C1CCC(=O)N1Cc1ccc(C)o1. The van der Waals surface area contributed by atoms with Crippen LogP contribution in [-0.2, 0) is 20.9 Å². The number of likely N-dealkylation sites (tertiary alicyclic amines) is 1. The van der Waals surface area contributed by atoms with Crippen LogP contribution >= 0.6 is 0 Å². The van der Waals surface area contributed by atoms with E-state index in [1.54, 1.807) is 4.90 Å². The average molecular weight is 308 g/mol. The third kappa shape index (κ3) is 4.34. The zero-order valence-electron chi connectivity index (χ0n) is 13.3. The fourth-order valence-corrected chi connectivity index (χ4v) is 2.59. The normalized spacial score (nSPS) is 18.0. The zero-order chi connectivity index (χ0) is 15.9. The smallest absolute Gasteiger partial charge is 0.242 e. The van der Waals surface area contributed by atoms with E-state index in [4.69, 9.17) is 9.15 Å². The molecule has 1 N–H and O–H groups in total. The van der Waals surface area contributed by atoms with Crippen LogP contribution in [0.2, 0.25) is 0 Å². The van der Waals surface area contributed by atoms with E-state index in [1.807, 2.05) is 26.0 Å². The molecule has 0 saturated carbocycles. The van der Waals surface area contributed by atoms with Crippen LogP contribution in [0, 0.1) is 6.92 Å². The number of nitrogens with zero attached hydrogens (tertiary/aromatic N) is 1. The molecule has 2 rings (SSSR count). The van der Waals surface area contributed by atoms with E-state index in [9.17, 15) is 9.59 Å². The van der Waals surface area contributed by atoms with E-state index in [2.05, 4.69) is 5.32 Å². The van der Waals surface area contributed by atoms with Crippen molar-refractivity contribution >= 4 is 11.8 Å². The molecule has 122 valence electrons. The summed E-state index contributed by atoms with van der Waals surface area (Å²) in [6.45, 7) is 6.03. The summed E-state index contributed by atoms with van der Waals surface area (Å²) in [7, 11) is 0. The topological polar surface area (TPSA) is 71.8 Å². The Morgan fingerprint density at radius 1 is 1.50 bits per heavy atom. The lowest BCUT2D eigenvalue weighted by Gasteiger charge is -2.23. The van der Waals surface area contributed by atoms with E-state index in [0.717, 1.165) is 12.2 Å². The minimum absolute atomic E-state index is 0.00326. The lowest BCUT2D eigenvalue weighted by Crippen LogP contribution is -2.44. The van der Waals surface area contributed by atoms with Gasteiger partial charge < -0.3 is 19.4 Å². The maximum absolute atomic E-state index is 12.3. The number of carbonyl (C=O) groups is 2. The summed E-state index contributed by atoms with van der Waals surface area (Å²) in [6.07, 6.45) is 1.75. The van der Waals surface area contributed by atoms with Gasteiger partial charge in [-0.1, -0.05) is 0 Å². The summed E-state index contributed by atoms with van der Waals surface area (Å²) in [6, 6.07) is 3.31. The van der Waals surface area contributed by atoms with Gasteiger partial charge in [-0.3, -0.25) is 9.59 Å². The molecule has 0 spiro atoms. The lowest BCUT2D eigenvalue weighted by molar-refractivity contribution is -0.136. The first kappa shape index (κ1) is 16.5. The van der Waals surface area contributed by atoms with Crippen LogP contribution in [0.3, 0.4) is 0 Å². The number of aryl methyl sites for hydroxylation is 1. The Bertz CT molecular complexity index is 512. The molecule has 6 nitrogen and oxygen atoms in total. The van der Waals surface area contributed by atoms with Gasteiger partial charge in [-0.2, -0.15) is 0 Å². The fourth-order valence-electron chi connectivity index (χ4n) is 2.59. The van der Waals surface area contributed by atoms with Crippen molar-refractivity contribution in [3.63, 3.8) is 0 Å². The number of ether oxygens (including phenoxy) is 1. The first-order valence-electron chi connectivity index (χ1n) is 7.82. The third-order valence-electron chi connectivity index (χ3n) is 3.72. The number of nitrogens with one attached hydrogen (secondary N) is 1. The summed E-state index contributed by atoms with van der Waals surface area (Å²) in [4.78, 5) is 25.9. The Labute approximate surface area is 130 Å². The second-order valence-corrected chi connectivity index (χ2v) is 5.43. The minimum Gasteiger partial charge on any atom is -0.464 e. The molecule has 0 aromatic carbocycles. The minimum atomic E-state index is -0.398. The van der Waals surface area contributed by atoms with Crippen LogP contribution in [0.5, 0.6) is 0 Å². The Kier molecular flexibility index (Phi) is 6.00. The van der Waals surface area contributed by atoms with Gasteiger partial charge in [0.25, 0.3) is 0 Å². The molecule has 0 bridgehead atoms. The molecule has 1 aliphatic rings. The van der Waals surface area contributed by atoms with Gasteiger partial charge in [0.1, 0.15) is 17.6 Å². The standard InChI is InChI=1S/C16H24N2O4/c1-3-21-10-4-9-17-16(20)14-7-8-15(19)18(14)11-13-6-5-12(2)22-13/h5-6,14H,3-4,7-11H2,1-2H3,(H,17,20). The summed E-state index contributed by atoms with van der Waals surface area (Å²) in [5, 5.41) is 2.88. The average Bonchev–Trinajstić information content (AvgIpc) is 3.06. The largest absolute Gasteiger partial charge is 0.464 e. The maximum Gasteiger partial charge on any atom is 0.242 e. The van der Waals surface area contributed by atoms with Gasteiger partial charge in [-0.15, -0.1) is 0 Å². The number of hydrogen-bond acceptors (Lipinski definition) is 4. The highest BCUT2D eigenvalue weighted by molar-refractivity contribution is 5.90. The second-order valence-electron chi connectivity index (χ2n) is 5.43. The van der Waals surface area contributed by atoms with E-state index in [-0.39, 0.29) is 11.8 Å². The van der Waals surface area contributed by atoms with Crippen molar-refractivity contribution in [2.45, 2.75) is 45.7 Å². The highest BCUT2D eigenvalue weighted by Gasteiger charge is 2.36. The molecule has 1 saturated heterocycles. The predicted octanol–water partition coefficient (Wildman–Crippen LogP) is 1.62. The van der Waals surface area contributed by atoms with Crippen molar-refractivity contribution < 1.29 is 18.7 Å². The number of carbonyl (C=O) groups excluding carboxylic acids is 2. The molecule has 2 amide bonds. The molecule has 6 heteroatoms. The van der Waals surface area contributed by atoms with Crippen molar-refractivity contribution in [3.05, 3.63) is 23.7 Å². The van der Waals surface area contributed by atoms with Gasteiger partial charge in [0.05, 0.1) is 6.54 Å². The van der Waals surface area contributed by atoms with E-state index in [1.165, 1.54) is 0 Å². The number of hydrogen-bond donors (Lipinski definition) is 1. The van der Waals surface area contributed by atoms with Crippen LogP contribution in [0.1, 0.15) is 37.7 Å². The zero-order valence-corrected chi connectivity index (χ0v) is 13.3. The molecule has 1 aromatic rings. The van der Waals surface area contributed by atoms with Crippen molar-refractivity contribution in [2.24, 2.45) is 0 Å². The van der Waals surface area contributed by atoms with Crippen LogP contribution in [0.25, 0.3) is 0 Å². The van der Waals surface area contributed by atoms with Crippen LogP contribution in [0.15, 0.2) is 16.5 Å². The Hall–Kier alpha value is -1.82. The second kappa shape index (κ2) is 7.98. The molecule has 1 aromatic heterocycles. The van der Waals surface area contributed by atoms with Crippen molar-refractivity contribution in [1.29, 1.82) is 0 Å². The van der Waals surface area contributed by atoms with E-state index < -0.39 is 6.04 Å². The van der Waals surface area contributed by atoms with E-state index in [0.29, 0.717) is 44.9 Å². The van der Waals surface area contributed by atoms with Gasteiger partial charge in [-0.05, 0) is 38.8 Å².